The normalized spacial score (nSPS) is 9.58. The van der Waals surface area contributed by atoms with E-state index < -0.39 is 0 Å². The number of nitrogens with zero attached hydrogens (tertiary/aromatic N) is 2. The molecule has 1 aromatic rings. The number of hydrogen-bond acceptors (Lipinski definition) is 3. The molecule has 0 aromatic carbocycles. The minimum Gasteiger partial charge on any atom is -0.364 e. The van der Waals surface area contributed by atoms with Gasteiger partial charge in [-0.3, -0.25) is 4.90 Å². The molecule has 12 heavy (non-hydrogen) atoms. The van der Waals surface area contributed by atoms with Crippen molar-refractivity contribution in [2.45, 2.75) is 6.42 Å². The Kier molecular flexibility index (Phi) is 3.36. The Hall–Kier alpha value is -1.27. The first-order valence-electron chi connectivity index (χ1n) is 3.79. The Balaban J connectivity index is 2.29. The fourth-order valence-corrected chi connectivity index (χ4v) is 0.696. The largest absolute Gasteiger partial charge is 0.364 e. The second kappa shape index (κ2) is 4.58. The van der Waals surface area contributed by atoms with Gasteiger partial charge in [0.15, 0.2) is 0 Å². The zero-order valence-corrected chi connectivity index (χ0v) is 7.37. The minimum atomic E-state index is 0.671. The van der Waals surface area contributed by atoms with Crippen LogP contribution >= 0.6 is 0 Å². The van der Waals surface area contributed by atoms with Crippen molar-refractivity contribution in [1.29, 1.82) is 0 Å². The highest BCUT2D eigenvalue weighted by atomic mass is 16.5. The molecule has 0 saturated heterocycles. The van der Waals surface area contributed by atoms with Crippen molar-refractivity contribution < 1.29 is 4.52 Å². The van der Waals surface area contributed by atoms with Gasteiger partial charge in [0.05, 0.1) is 18.7 Å². The second-order valence-electron chi connectivity index (χ2n) is 2.76. The molecule has 64 valence electrons. The first-order chi connectivity index (χ1) is 5.79. The molecule has 0 atom stereocenters. The molecule has 0 aliphatic carbocycles. The van der Waals surface area contributed by atoms with E-state index in [1.807, 2.05) is 25.1 Å². The van der Waals surface area contributed by atoms with E-state index in [0.717, 1.165) is 12.2 Å². The van der Waals surface area contributed by atoms with Crippen molar-refractivity contribution in [3.8, 4) is 11.8 Å². The lowest BCUT2D eigenvalue weighted by molar-refractivity contribution is 0.413. The molecule has 0 bridgehead atoms. The van der Waals surface area contributed by atoms with Gasteiger partial charge < -0.3 is 4.52 Å². The third-order valence-electron chi connectivity index (χ3n) is 1.28. The van der Waals surface area contributed by atoms with E-state index in [9.17, 15) is 0 Å². The zero-order valence-electron chi connectivity index (χ0n) is 7.37. The van der Waals surface area contributed by atoms with Crippen LogP contribution in [0.5, 0.6) is 0 Å². The molecule has 3 nitrogen and oxygen atoms in total. The van der Waals surface area contributed by atoms with Crippen LogP contribution in [0.2, 0.25) is 0 Å². The molecule has 1 heterocycles. The predicted molar refractivity (Wildman–Crippen MR) is 46.5 cm³/mol. The molecule has 0 spiro atoms. The van der Waals surface area contributed by atoms with Crippen LogP contribution in [0.15, 0.2) is 16.9 Å². The standard InChI is InChI=1S/C9H12N2O/c1-11(2)7-4-3-5-9-6-8-12-10-9/h6,8H,5,7H2,1-2H3. The van der Waals surface area contributed by atoms with Crippen LogP contribution in [0.1, 0.15) is 5.69 Å². The van der Waals surface area contributed by atoms with Gasteiger partial charge in [-0.2, -0.15) is 0 Å². The molecule has 3 heteroatoms. The van der Waals surface area contributed by atoms with Gasteiger partial charge in [-0.05, 0) is 14.1 Å². The molecular weight excluding hydrogens is 152 g/mol. The molecule has 0 amide bonds. The number of aromatic nitrogens is 1. The zero-order chi connectivity index (χ0) is 8.81. The van der Waals surface area contributed by atoms with Gasteiger partial charge in [0.1, 0.15) is 6.26 Å². The highest BCUT2D eigenvalue weighted by molar-refractivity contribution is 5.10. The van der Waals surface area contributed by atoms with E-state index in [1.165, 1.54) is 0 Å². The van der Waals surface area contributed by atoms with Crippen LogP contribution < -0.4 is 0 Å². The van der Waals surface area contributed by atoms with E-state index >= 15 is 0 Å². The van der Waals surface area contributed by atoms with Crippen LogP contribution in [0, 0.1) is 11.8 Å². The molecule has 0 saturated carbocycles. The van der Waals surface area contributed by atoms with Gasteiger partial charge in [-0.25, -0.2) is 0 Å². The Morgan fingerprint density at radius 3 is 2.92 bits per heavy atom. The smallest absolute Gasteiger partial charge is 0.124 e. The summed E-state index contributed by atoms with van der Waals surface area (Å²) in [5.74, 6) is 6.02. The number of rotatable bonds is 2. The van der Waals surface area contributed by atoms with E-state index in [1.54, 1.807) is 6.26 Å². The highest BCUT2D eigenvalue weighted by Crippen LogP contribution is 1.93. The Morgan fingerprint density at radius 1 is 1.50 bits per heavy atom. The van der Waals surface area contributed by atoms with Gasteiger partial charge in [-0.1, -0.05) is 17.0 Å². The fourth-order valence-electron chi connectivity index (χ4n) is 0.696. The lowest BCUT2D eigenvalue weighted by Gasteiger charge is -2.00. The third-order valence-corrected chi connectivity index (χ3v) is 1.28. The van der Waals surface area contributed by atoms with E-state index in [-0.39, 0.29) is 0 Å². The van der Waals surface area contributed by atoms with Crippen LogP contribution in [0.25, 0.3) is 0 Å². The van der Waals surface area contributed by atoms with Crippen LogP contribution in [-0.2, 0) is 6.42 Å². The average Bonchev–Trinajstić information content (AvgIpc) is 2.49. The molecule has 0 unspecified atom stereocenters. The van der Waals surface area contributed by atoms with Crippen LogP contribution in [0.4, 0.5) is 0 Å². The third kappa shape index (κ3) is 3.22. The monoisotopic (exact) mass is 164 g/mol. The maximum absolute atomic E-state index is 4.66. The Morgan fingerprint density at radius 2 is 2.33 bits per heavy atom. The Bertz CT molecular complexity index is 266. The molecule has 1 aromatic heterocycles. The van der Waals surface area contributed by atoms with Gasteiger partial charge >= 0.3 is 0 Å². The maximum Gasteiger partial charge on any atom is 0.124 e. The van der Waals surface area contributed by atoms with Gasteiger partial charge in [0, 0.05) is 6.07 Å². The number of hydrogen-bond donors (Lipinski definition) is 0. The summed E-state index contributed by atoms with van der Waals surface area (Å²) in [5.41, 5.74) is 0.890. The SMILES string of the molecule is CN(C)CC#CCc1ccon1. The van der Waals surface area contributed by atoms with Gasteiger partial charge in [0.25, 0.3) is 0 Å². The van der Waals surface area contributed by atoms with Crippen molar-refractivity contribution in [3.63, 3.8) is 0 Å². The van der Waals surface area contributed by atoms with Crippen LogP contribution in [0.3, 0.4) is 0 Å². The minimum absolute atomic E-state index is 0.671. The molecule has 0 aliphatic rings. The van der Waals surface area contributed by atoms with E-state index in [0.29, 0.717) is 6.42 Å². The lowest BCUT2D eigenvalue weighted by Crippen LogP contribution is -2.10. The first-order valence-corrected chi connectivity index (χ1v) is 3.79. The van der Waals surface area contributed by atoms with Crippen molar-refractivity contribution in [2.24, 2.45) is 0 Å². The fraction of sp³-hybridized carbons (Fsp3) is 0.444. The second-order valence-corrected chi connectivity index (χ2v) is 2.76. The quantitative estimate of drug-likeness (QED) is 0.605. The van der Waals surface area contributed by atoms with E-state index in [4.69, 9.17) is 0 Å². The molecule has 0 radical (unpaired) electrons. The molecule has 0 fully saturated rings. The summed E-state index contributed by atoms with van der Waals surface area (Å²) in [6.07, 6.45) is 2.23. The molecule has 1 rings (SSSR count). The molecule has 0 aliphatic heterocycles. The van der Waals surface area contributed by atoms with Crippen LogP contribution in [-0.4, -0.2) is 30.7 Å². The lowest BCUT2D eigenvalue weighted by atomic mass is 10.3. The molecular formula is C9H12N2O. The first kappa shape index (κ1) is 8.82. The highest BCUT2D eigenvalue weighted by Gasteiger charge is 1.90. The predicted octanol–water partition coefficient (Wildman–Crippen LogP) is 0.782. The Labute approximate surface area is 72.3 Å². The van der Waals surface area contributed by atoms with E-state index in [2.05, 4.69) is 21.5 Å². The summed E-state index contributed by atoms with van der Waals surface area (Å²) in [6, 6.07) is 1.82. The summed E-state index contributed by atoms with van der Waals surface area (Å²) in [6.45, 7) is 0.790. The van der Waals surface area contributed by atoms with Crippen molar-refractivity contribution in [1.82, 2.24) is 10.1 Å². The van der Waals surface area contributed by atoms with Crippen molar-refractivity contribution in [2.75, 3.05) is 20.6 Å². The molecule has 0 N–H and O–H groups in total. The van der Waals surface area contributed by atoms with Gasteiger partial charge in [-0.15, -0.1) is 0 Å². The summed E-state index contributed by atoms with van der Waals surface area (Å²) in [4.78, 5) is 2.02. The topological polar surface area (TPSA) is 29.3 Å². The average molecular weight is 164 g/mol. The van der Waals surface area contributed by atoms with Crippen molar-refractivity contribution in [3.05, 3.63) is 18.0 Å². The summed E-state index contributed by atoms with van der Waals surface area (Å²) >= 11 is 0. The van der Waals surface area contributed by atoms with Crippen molar-refractivity contribution >= 4 is 0 Å². The summed E-state index contributed by atoms with van der Waals surface area (Å²) < 4.78 is 4.66. The summed E-state index contributed by atoms with van der Waals surface area (Å²) in [7, 11) is 3.98. The summed E-state index contributed by atoms with van der Waals surface area (Å²) in [5, 5.41) is 3.74. The maximum atomic E-state index is 4.66. The van der Waals surface area contributed by atoms with Gasteiger partial charge in [0.2, 0.25) is 0 Å².